The highest BCUT2D eigenvalue weighted by molar-refractivity contribution is 5.95. The van der Waals surface area contributed by atoms with E-state index in [0.717, 1.165) is 11.1 Å². The highest BCUT2D eigenvalue weighted by atomic mass is 16.1. The molecule has 2 aromatic carbocycles. The van der Waals surface area contributed by atoms with Gasteiger partial charge in [-0.05, 0) is 28.7 Å². The predicted molar refractivity (Wildman–Crippen MR) is 105 cm³/mol. The summed E-state index contributed by atoms with van der Waals surface area (Å²) in [7, 11) is 0. The maximum Gasteiger partial charge on any atom is 0.251 e. The molecule has 1 atom stereocenters. The van der Waals surface area contributed by atoms with Crippen molar-refractivity contribution in [2.24, 2.45) is 5.73 Å². The zero-order valence-corrected chi connectivity index (χ0v) is 15.7. The van der Waals surface area contributed by atoms with E-state index >= 15 is 0 Å². The second-order valence-electron chi connectivity index (χ2n) is 6.89. The van der Waals surface area contributed by atoms with Gasteiger partial charge in [0, 0.05) is 18.2 Å². The number of benzene rings is 2. The van der Waals surface area contributed by atoms with E-state index in [1.807, 2.05) is 36.4 Å². The number of amides is 1. The van der Waals surface area contributed by atoms with Crippen molar-refractivity contribution in [1.82, 2.24) is 20.1 Å². The fraction of sp³-hybridized carbons (Fsp3) is 0.286. The Balaban J connectivity index is 1.63. The Bertz CT molecular complexity index is 872. The second kappa shape index (κ2) is 8.60. The zero-order chi connectivity index (χ0) is 19.2. The van der Waals surface area contributed by atoms with Crippen LogP contribution >= 0.6 is 0 Å². The molecule has 0 aliphatic rings. The van der Waals surface area contributed by atoms with Gasteiger partial charge in [0.1, 0.15) is 12.7 Å². The van der Waals surface area contributed by atoms with Gasteiger partial charge in [-0.15, -0.1) is 0 Å². The highest BCUT2D eigenvalue weighted by Gasteiger charge is 2.14. The number of nitrogens with two attached hydrogens (primary N) is 1. The van der Waals surface area contributed by atoms with Gasteiger partial charge in [0.25, 0.3) is 5.91 Å². The van der Waals surface area contributed by atoms with E-state index in [0.29, 0.717) is 24.6 Å². The van der Waals surface area contributed by atoms with Crippen molar-refractivity contribution in [1.29, 1.82) is 0 Å². The lowest BCUT2D eigenvalue weighted by atomic mass is 9.99. The average Bonchev–Trinajstić information content (AvgIpc) is 3.19. The summed E-state index contributed by atoms with van der Waals surface area (Å²) in [4.78, 5) is 16.6. The third-order valence-corrected chi connectivity index (χ3v) is 4.57. The molecule has 0 aliphatic carbocycles. The van der Waals surface area contributed by atoms with Crippen molar-refractivity contribution in [2.45, 2.75) is 32.4 Å². The van der Waals surface area contributed by atoms with Crippen LogP contribution in [0.1, 0.15) is 52.9 Å². The number of carbonyl (C=O) groups excluding carboxylic acids is 1. The number of rotatable bonds is 7. The van der Waals surface area contributed by atoms with Crippen LogP contribution in [0.2, 0.25) is 0 Å². The molecule has 0 spiro atoms. The Labute approximate surface area is 159 Å². The van der Waals surface area contributed by atoms with Gasteiger partial charge in [-0.1, -0.05) is 56.3 Å². The first-order valence-electron chi connectivity index (χ1n) is 9.08. The Hall–Kier alpha value is -2.99. The predicted octanol–water partition coefficient (Wildman–Crippen LogP) is 2.88. The molecule has 0 saturated carbocycles. The molecular weight excluding hydrogens is 338 g/mol. The van der Waals surface area contributed by atoms with Crippen molar-refractivity contribution in [2.75, 3.05) is 6.54 Å². The lowest BCUT2D eigenvalue weighted by Gasteiger charge is -2.16. The molecule has 3 rings (SSSR count). The largest absolute Gasteiger partial charge is 0.350 e. The van der Waals surface area contributed by atoms with Crippen molar-refractivity contribution in [3.8, 4) is 0 Å². The zero-order valence-electron chi connectivity index (χ0n) is 15.7. The van der Waals surface area contributed by atoms with Crippen LogP contribution in [0.3, 0.4) is 0 Å². The van der Waals surface area contributed by atoms with Crippen molar-refractivity contribution in [3.05, 3.63) is 83.4 Å². The van der Waals surface area contributed by atoms with Crippen LogP contribution in [0.4, 0.5) is 0 Å². The fourth-order valence-corrected chi connectivity index (χ4v) is 2.91. The third-order valence-electron chi connectivity index (χ3n) is 4.57. The van der Waals surface area contributed by atoms with Gasteiger partial charge < -0.3 is 11.1 Å². The van der Waals surface area contributed by atoms with Gasteiger partial charge in [-0.25, -0.2) is 9.67 Å². The Morgan fingerprint density at radius 3 is 2.48 bits per heavy atom. The molecule has 0 bridgehead atoms. The van der Waals surface area contributed by atoms with Crippen LogP contribution in [0.15, 0.2) is 61.2 Å². The fourth-order valence-electron chi connectivity index (χ4n) is 2.91. The first kappa shape index (κ1) is 18.8. The van der Waals surface area contributed by atoms with Gasteiger partial charge in [-0.3, -0.25) is 4.79 Å². The molecule has 0 radical (unpaired) electrons. The first-order valence-corrected chi connectivity index (χ1v) is 9.08. The van der Waals surface area contributed by atoms with Crippen LogP contribution in [0.25, 0.3) is 0 Å². The molecule has 140 valence electrons. The normalized spacial score (nSPS) is 12.1. The molecule has 0 fully saturated rings. The molecule has 0 aliphatic heterocycles. The summed E-state index contributed by atoms with van der Waals surface area (Å²) in [6.45, 7) is 5.18. The van der Waals surface area contributed by atoms with E-state index in [1.54, 1.807) is 11.0 Å². The standard InChI is InChI=1S/C21H25N5O/c1-15(2)16-7-9-17(10-8-16)20(22)11-24-21(27)19-6-4-3-5-18(19)12-26-14-23-13-25-26/h3-10,13-15,20H,11-12,22H2,1-2H3,(H,24,27). The van der Waals surface area contributed by atoms with Crippen LogP contribution in [0, 0.1) is 0 Å². The summed E-state index contributed by atoms with van der Waals surface area (Å²) in [6.07, 6.45) is 3.11. The Morgan fingerprint density at radius 2 is 1.81 bits per heavy atom. The number of nitrogens with one attached hydrogen (secondary N) is 1. The molecule has 1 aromatic heterocycles. The molecular formula is C21H25N5O. The van der Waals surface area contributed by atoms with Gasteiger partial charge in [0.15, 0.2) is 0 Å². The molecule has 6 nitrogen and oxygen atoms in total. The van der Waals surface area contributed by atoms with Crippen LogP contribution in [-0.2, 0) is 6.54 Å². The van der Waals surface area contributed by atoms with E-state index in [4.69, 9.17) is 5.73 Å². The summed E-state index contributed by atoms with van der Waals surface area (Å²) in [5.74, 6) is 0.344. The van der Waals surface area contributed by atoms with Crippen molar-refractivity contribution >= 4 is 5.91 Å². The number of carbonyl (C=O) groups is 1. The maximum atomic E-state index is 12.7. The molecule has 27 heavy (non-hydrogen) atoms. The van der Waals surface area contributed by atoms with E-state index in [2.05, 4.69) is 41.4 Å². The van der Waals surface area contributed by atoms with Gasteiger partial charge in [-0.2, -0.15) is 5.10 Å². The summed E-state index contributed by atoms with van der Waals surface area (Å²) in [5.41, 5.74) is 10.0. The van der Waals surface area contributed by atoms with E-state index in [9.17, 15) is 4.79 Å². The minimum absolute atomic E-state index is 0.139. The van der Waals surface area contributed by atoms with E-state index < -0.39 is 0 Å². The smallest absolute Gasteiger partial charge is 0.251 e. The number of hydrogen-bond acceptors (Lipinski definition) is 4. The number of nitrogens with zero attached hydrogens (tertiary/aromatic N) is 3. The summed E-state index contributed by atoms with van der Waals surface area (Å²) in [6, 6.07) is 15.5. The minimum atomic E-state index is -0.252. The van der Waals surface area contributed by atoms with E-state index in [-0.39, 0.29) is 11.9 Å². The van der Waals surface area contributed by atoms with Crippen molar-refractivity contribution < 1.29 is 4.79 Å². The summed E-state index contributed by atoms with van der Waals surface area (Å²) in [5, 5.41) is 7.04. The Kier molecular flexibility index (Phi) is 5.98. The summed E-state index contributed by atoms with van der Waals surface area (Å²) >= 11 is 0. The monoisotopic (exact) mass is 363 g/mol. The second-order valence-corrected chi connectivity index (χ2v) is 6.89. The summed E-state index contributed by atoms with van der Waals surface area (Å²) < 4.78 is 1.69. The first-order chi connectivity index (χ1) is 13.0. The number of aromatic nitrogens is 3. The lowest BCUT2D eigenvalue weighted by Crippen LogP contribution is -2.32. The average molecular weight is 363 g/mol. The molecule has 1 heterocycles. The lowest BCUT2D eigenvalue weighted by molar-refractivity contribution is 0.0950. The molecule has 0 saturated heterocycles. The molecule has 3 N–H and O–H groups in total. The molecule has 6 heteroatoms. The maximum absolute atomic E-state index is 12.7. The topological polar surface area (TPSA) is 85.8 Å². The SMILES string of the molecule is CC(C)c1ccc(C(N)CNC(=O)c2ccccc2Cn2cncn2)cc1. The number of hydrogen-bond donors (Lipinski definition) is 2. The van der Waals surface area contributed by atoms with Gasteiger partial charge >= 0.3 is 0 Å². The third kappa shape index (κ3) is 4.80. The van der Waals surface area contributed by atoms with Crippen LogP contribution < -0.4 is 11.1 Å². The molecule has 3 aromatic rings. The quantitative estimate of drug-likeness (QED) is 0.676. The Morgan fingerprint density at radius 1 is 1.11 bits per heavy atom. The highest BCUT2D eigenvalue weighted by Crippen LogP contribution is 2.17. The van der Waals surface area contributed by atoms with Crippen molar-refractivity contribution in [3.63, 3.8) is 0 Å². The minimum Gasteiger partial charge on any atom is -0.350 e. The van der Waals surface area contributed by atoms with Crippen LogP contribution in [-0.4, -0.2) is 27.2 Å². The molecule has 1 amide bonds. The van der Waals surface area contributed by atoms with Crippen LogP contribution in [0.5, 0.6) is 0 Å². The molecule has 1 unspecified atom stereocenters. The van der Waals surface area contributed by atoms with Gasteiger partial charge in [0.2, 0.25) is 0 Å². The van der Waals surface area contributed by atoms with E-state index in [1.165, 1.54) is 11.9 Å². The van der Waals surface area contributed by atoms with Gasteiger partial charge in [0.05, 0.1) is 6.54 Å².